The molecule has 5 heteroatoms. The summed E-state index contributed by atoms with van der Waals surface area (Å²) in [5.74, 6) is -0.0395. The minimum Gasteiger partial charge on any atom is -0.466 e. The molecule has 0 unspecified atom stereocenters. The Labute approximate surface area is 168 Å². The maximum absolute atomic E-state index is 13.3. The number of esters is 1. The summed E-state index contributed by atoms with van der Waals surface area (Å²) in [4.78, 5) is 27.6. The highest BCUT2D eigenvalue weighted by Gasteiger charge is 2.34. The van der Waals surface area contributed by atoms with Crippen molar-refractivity contribution in [2.24, 2.45) is 5.92 Å². The second kappa shape index (κ2) is 10.1. The molecule has 0 aromatic heterocycles. The predicted octanol–water partition coefficient (Wildman–Crippen LogP) is 3.76. The Morgan fingerprint density at radius 1 is 1.07 bits per heavy atom. The summed E-state index contributed by atoms with van der Waals surface area (Å²) in [6.07, 6.45) is 7.33. The summed E-state index contributed by atoms with van der Waals surface area (Å²) >= 11 is 0. The molecular formula is C23H34N2O3. The summed E-state index contributed by atoms with van der Waals surface area (Å²) in [5.41, 5.74) is 2.23. The van der Waals surface area contributed by atoms with E-state index >= 15 is 0 Å². The second-order valence-corrected chi connectivity index (χ2v) is 8.22. The molecule has 0 radical (unpaired) electrons. The van der Waals surface area contributed by atoms with Gasteiger partial charge in [0.25, 0.3) is 0 Å². The van der Waals surface area contributed by atoms with Crippen LogP contribution in [0.4, 0.5) is 0 Å². The second-order valence-electron chi connectivity index (χ2n) is 8.22. The number of likely N-dealkylation sites (tertiary alicyclic amines) is 1. The molecule has 3 rings (SSSR count). The van der Waals surface area contributed by atoms with E-state index in [1.165, 1.54) is 24.8 Å². The van der Waals surface area contributed by atoms with Crippen LogP contribution in [0.5, 0.6) is 0 Å². The van der Waals surface area contributed by atoms with Gasteiger partial charge in [-0.1, -0.05) is 49.1 Å². The van der Waals surface area contributed by atoms with Gasteiger partial charge in [0.05, 0.1) is 12.5 Å². The fraction of sp³-hybridized carbons (Fsp3) is 0.652. The van der Waals surface area contributed by atoms with E-state index in [1.807, 2.05) is 6.92 Å². The highest BCUT2D eigenvalue weighted by Crippen LogP contribution is 2.29. The average molecular weight is 387 g/mol. The molecule has 2 fully saturated rings. The lowest BCUT2D eigenvalue weighted by molar-refractivity contribution is -0.150. The molecule has 28 heavy (non-hydrogen) atoms. The van der Waals surface area contributed by atoms with Crippen LogP contribution in [0.2, 0.25) is 0 Å². The summed E-state index contributed by atoms with van der Waals surface area (Å²) in [6, 6.07) is 8.29. The Morgan fingerprint density at radius 2 is 1.71 bits per heavy atom. The number of hydrogen-bond acceptors (Lipinski definition) is 4. The van der Waals surface area contributed by atoms with E-state index in [2.05, 4.69) is 41.4 Å². The van der Waals surface area contributed by atoms with Gasteiger partial charge in [-0.15, -0.1) is 0 Å². The number of rotatable bonds is 6. The number of carbonyl (C=O) groups excluding carboxylic acids is 2. The maximum atomic E-state index is 13.3. The van der Waals surface area contributed by atoms with Crippen LogP contribution in [0.25, 0.3) is 0 Å². The largest absolute Gasteiger partial charge is 0.466 e. The third kappa shape index (κ3) is 5.34. The molecule has 1 aromatic rings. The van der Waals surface area contributed by atoms with Gasteiger partial charge < -0.3 is 10.1 Å². The smallest absolute Gasteiger partial charge is 0.309 e. The summed E-state index contributed by atoms with van der Waals surface area (Å²) in [6.45, 7) is 5.80. The fourth-order valence-electron chi connectivity index (χ4n) is 4.46. The van der Waals surface area contributed by atoms with Crippen LogP contribution in [-0.4, -0.2) is 42.5 Å². The van der Waals surface area contributed by atoms with Gasteiger partial charge >= 0.3 is 5.97 Å². The van der Waals surface area contributed by atoms with Crippen LogP contribution in [0.15, 0.2) is 24.3 Å². The molecule has 2 aliphatic rings. The van der Waals surface area contributed by atoms with Crippen molar-refractivity contribution in [3.63, 3.8) is 0 Å². The minimum atomic E-state index is -0.286. The number of aryl methyl sites for hydroxylation is 1. The Hall–Kier alpha value is -1.88. The van der Waals surface area contributed by atoms with Crippen molar-refractivity contribution in [3.8, 4) is 0 Å². The standard InChI is InChI=1S/C23H34N2O3/c1-3-28-23(27)19-13-15-25(16-14-19)21(18-11-9-17(2)10-12-18)22(26)24-20-7-5-4-6-8-20/h9-12,19-21H,3-8,13-16H2,1-2H3,(H,24,26)/t21-/m1/s1. The first kappa shape index (κ1) is 20.8. The number of carbonyl (C=O) groups is 2. The lowest BCUT2D eigenvalue weighted by Gasteiger charge is -2.37. The van der Waals surface area contributed by atoms with Gasteiger partial charge in [0, 0.05) is 19.1 Å². The van der Waals surface area contributed by atoms with Crippen LogP contribution in [-0.2, 0) is 14.3 Å². The number of hydrogen-bond donors (Lipinski definition) is 1. The first-order valence-electron chi connectivity index (χ1n) is 10.9. The zero-order valence-electron chi connectivity index (χ0n) is 17.3. The quantitative estimate of drug-likeness (QED) is 0.757. The van der Waals surface area contributed by atoms with Gasteiger partial charge in [0.1, 0.15) is 6.04 Å². The van der Waals surface area contributed by atoms with Crippen molar-refractivity contribution in [1.82, 2.24) is 10.2 Å². The van der Waals surface area contributed by atoms with E-state index in [-0.39, 0.29) is 23.8 Å². The van der Waals surface area contributed by atoms with Gasteiger partial charge in [-0.25, -0.2) is 0 Å². The fourth-order valence-corrected chi connectivity index (χ4v) is 4.46. The lowest BCUT2D eigenvalue weighted by atomic mass is 9.92. The van der Waals surface area contributed by atoms with Gasteiger partial charge in [0.2, 0.25) is 5.91 Å². The van der Waals surface area contributed by atoms with E-state index in [0.717, 1.165) is 44.3 Å². The number of ether oxygens (including phenoxy) is 1. The molecule has 1 saturated heterocycles. The van der Waals surface area contributed by atoms with Crippen molar-refractivity contribution in [1.29, 1.82) is 0 Å². The summed E-state index contributed by atoms with van der Waals surface area (Å²) in [5, 5.41) is 3.31. The van der Waals surface area contributed by atoms with Gasteiger partial charge in [-0.3, -0.25) is 14.5 Å². The maximum Gasteiger partial charge on any atom is 0.309 e. The SMILES string of the molecule is CCOC(=O)C1CCN([C@@H](C(=O)NC2CCCCC2)c2ccc(C)cc2)CC1. The molecule has 1 atom stereocenters. The van der Waals surface area contributed by atoms with E-state index in [4.69, 9.17) is 4.74 Å². The molecule has 1 aromatic carbocycles. The molecule has 0 spiro atoms. The van der Waals surface area contributed by atoms with Crippen molar-refractivity contribution >= 4 is 11.9 Å². The Bertz CT molecular complexity index is 644. The Balaban J connectivity index is 1.70. The molecule has 1 aliphatic carbocycles. The van der Waals surface area contributed by atoms with Crippen molar-refractivity contribution in [2.45, 2.75) is 70.9 Å². The molecule has 5 nitrogen and oxygen atoms in total. The van der Waals surface area contributed by atoms with Gasteiger partial charge in [0.15, 0.2) is 0 Å². The van der Waals surface area contributed by atoms with Crippen molar-refractivity contribution in [2.75, 3.05) is 19.7 Å². The van der Waals surface area contributed by atoms with Gasteiger partial charge in [-0.2, -0.15) is 0 Å². The molecule has 1 saturated carbocycles. The number of benzene rings is 1. The molecule has 0 bridgehead atoms. The first-order chi connectivity index (χ1) is 13.6. The van der Waals surface area contributed by atoms with Crippen LogP contribution in [0, 0.1) is 12.8 Å². The molecule has 1 N–H and O–H groups in total. The van der Waals surface area contributed by atoms with Crippen LogP contribution < -0.4 is 5.32 Å². The number of nitrogens with one attached hydrogen (secondary N) is 1. The van der Waals surface area contributed by atoms with E-state index < -0.39 is 0 Å². The topological polar surface area (TPSA) is 58.6 Å². The van der Waals surface area contributed by atoms with Crippen LogP contribution >= 0.6 is 0 Å². The number of amides is 1. The summed E-state index contributed by atoms with van der Waals surface area (Å²) < 4.78 is 5.19. The highest BCUT2D eigenvalue weighted by atomic mass is 16.5. The number of piperidine rings is 1. The Kier molecular flexibility index (Phi) is 7.49. The lowest BCUT2D eigenvalue weighted by Crippen LogP contribution is -2.48. The van der Waals surface area contributed by atoms with E-state index in [0.29, 0.717) is 12.6 Å². The zero-order chi connectivity index (χ0) is 19.9. The zero-order valence-corrected chi connectivity index (χ0v) is 17.3. The van der Waals surface area contributed by atoms with E-state index in [9.17, 15) is 9.59 Å². The van der Waals surface area contributed by atoms with E-state index in [1.54, 1.807) is 0 Å². The van der Waals surface area contributed by atoms with Crippen LogP contribution in [0.1, 0.15) is 69.0 Å². The molecule has 1 heterocycles. The summed E-state index contributed by atoms with van der Waals surface area (Å²) in [7, 11) is 0. The molecule has 1 amide bonds. The van der Waals surface area contributed by atoms with Crippen LogP contribution in [0.3, 0.4) is 0 Å². The van der Waals surface area contributed by atoms with Crippen molar-refractivity contribution < 1.29 is 14.3 Å². The molecule has 1 aliphatic heterocycles. The first-order valence-corrected chi connectivity index (χ1v) is 10.9. The Morgan fingerprint density at radius 3 is 2.32 bits per heavy atom. The van der Waals surface area contributed by atoms with Gasteiger partial charge in [-0.05, 0) is 45.1 Å². The van der Waals surface area contributed by atoms with Crippen molar-refractivity contribution in [3.05, 3.63) is 35.4 Å². The monoisotopic (exact) mass is 386 g/mol. The number of nitrogens with zero attached hydrogens (tertiary/aromatic N) is 1. The predicted molar refractivity (Wildman–Crippen MR) is 110 cm³/mol. The third-order valence-corrected chi connectivity index (χ3v) is 6.11. The third-order valence-electron chi connectivity index (χ3n) is 6.11. The average Bonchev–Trinajstić information content (AvgIpc) is 2.71. The molecular weight excluding hydrogens is 352 g/mol. The normalized spacial score (nSPS) is 20.5. The minimum absolute atomic E-state index is 0.0451. The highest BCUT2D eigenvalue weighted by molar-refractivity contribution is 5.83. The molecule has 154 valence electrons.